The summed E-state index contributed by atoms with van der Waals surface area (Å²) in [6.45, 7) is 3.18. The predicted octanol–water partition coefficient (Wildman–Crippen LogP) is 7.19. The van der Waals surface area contributed by atoms with Crippen molar-refractivity contribution in [2.24, 2.45) is 0 Å². The molecule has 1 atom stereocenters. The fraction of sp³-hybridized carbons (Fsp3) is 0.257. The van der Waals surface area contributed by atoms with Crippen LogP contribution in [-0.2, 0) is 32.6 Å². The Morgan fingerprint density at radius 1 is 0.891 bits per heavy atom. The molecule has 0 fully saturated rings. The fourth-order valence-electron chi connectivity index (χ4n) is 4.91. The third-order valence-electron chi connectivity index (χ3n) is 7.49. The second-order valence-corrected chi connectivity index (χ2v) is 13.5. The van der Waals surface area contributed by atoms with Gasteiger partial charge in [-0.05, 0) is 49.2 Å². The topological polar surface area (TPSA) is 86.8 Å². The molecule has 46 heavy (non-hydrogen) atoms. The van der Waals surface area contributed by atoms with E-state index in [1.165, 1.54) is 53.4 Å². The molecule has 0 aliphatic carbocycles. The molecule has 4 aromatic carbocycles. The van der Waals surface area contributed by atoms with Crippen LogP contribution < -0.4 is 9.62 Å². The van der Waals surface area contributed by atoms with E-state index in [0.717, 1.165) is 28.3 Å². The van der Waals surface area contributed by atoms with E-state index in [9.17, 15) is 18.0 Å². The van der Waals surface area contributed by atoms with E-state index in [-0.39, 0.29) is 39.2 Å². The minimum Gasteiger partial charge on any atom is -0.354 e. The first-order valence-corrected chi connectivity index (χ1v) is 17.1. The Hall–Kier alpha value is -3.92. The number of benzene rings is 4. The molecule has 4 aromatic rings. The van der Waals surface area contributed by atoms with Crippen molar-refractivity contribution in [2.45, 2.75) is 50.6 Å². The summed E-state index contributed by atoms with van der Waals surface area (Å²) >= 11 is 12.8. The van der Waals surface area contributed by atoms with Crippen molar-refractivity contribution in [1.29, 1.82) is 0 Å². The van der Waals surface area contributed by atoms with E-state index >= 15 is 4.39 Å². The van der Waals surface area contributed by atoms with E-state index in [1.807, 2.05) is 44.2 Å². The quantitative estimate of drug-likeness (QED) is 0.143. The van der Waals surface area contributed by atoms with Crippen LogP contribution in [0.25, 0.3) is 0 Å². The molecule has 0 radical (unpaired) electrons. The Bertz CT molecular complexity index is 1760. The molecule has 4 rings (SSSR count). The average Bonchev–Trinajstić information content (AvgIpc) is 3.04. The summed E-state index contributed by atoms with van der Waals surface area (Å²) in [6.07, 6.45) is 1.68. The van der Waals surface area contributed by atoms with Crippen LogP contribution in [-0.4, -0.2) is 44.3 Å². The van der Waals surface area contributed by atoms with Gasteiger partial charge in [0.2, 0.25) is 11.8 Å². The van der Waals surface area contributed by atoms with Gasteiger partial charge in [-0.2, -0.15) is 0 Å². The summed E-state index contributed by atoms with van der Waals surface area (Å²) in [5.74, 6) is -1.73. The number of unbranched alkanes of at least 4 members (excludes halogenated alkanes) is 1. The van der Waals surface area contributed by atoms with Gasteiger partial charge in [0.15, 0.2) is 0 Å². The molecule has 0 saturated carbocycles. The molecule has 1 N–H and O–H groups in total. The summed E-state index contributed by atoms with van der Waals surface area (Å²) in [6, 6.07) is 24.7. The number of amides is 2. The zero-order valence-corrected chi connectivity index (χ0v) is 28.0. The van der Waals surface area contributed by atoms with Crippen molar-refractivity contribution in [1.82, 2.24) is 10.2 Å². The van der Waals surface area contributed by atoms with Crippen LogP contribution >= 0.6 is 23.2 Å². The molecule has 0 spiro atoms. The van der Waals surface area contributed by atoms with Gasteiger partial charge >= 0.3 is 0 Å². The van der Waals surface area contributed by atoms with Crippen LogP contribution in [0.1, 0.15) is 36.5 Å². The van der Waals surface area contributed by atoms with Gasteiger partial charge in [0.25, 0.3) is 10.0 Å². The van der Waals surface area contributed by atoms with E-state index in [1.54, 1.807) is 18.2 Å². The van der Waals surface area contributed by atoms with Crippen molar-refractivity contribution in [3.8, 4) is 0 Å². The molecule has 0 bridgehead atoms. The average molecular weight is 685 g/mol. The van der Waals surface area contributed by atoms with Gasteiger partial charge in [-0.1, -0.05) is 109 Å². The van der Waals surface area contributed by atoms with Gasteiger partial charge in [-0.15, -0.1) is 0 Å². The number of hydrogen-bond donors (Lipinski definition) is 1. The summed E-state index contributed by atoms with van der Waals surface area (Å²) in [5.41, 5.74) is 1.77. The van der Waals surface area contributed by atoms with E-state index < -0.39 is 40.2 Å². The van der Waals surface area contributed by atoms with Gasteiger partial charge in [-0.3, -0.25) is 13.9 Å². The highest BCUT2D eigenvalue weighted by Crippen LogP contribution is 2.35. The lowest BCUT2D eigenvalue weighted by Crippen LogP contribution is -2.53. The molecule has 1 unspecified atom stereocenters. The molecular weight excluding hydrogens is 648 g/mol. The van der Waals surface area contributed by atoms with E-state index in [0.29, 0.717) is 6.54 Å². The Kier molecular flexibility index (Phi) is 12.2. The van der Waals surface area contributed by atoms with Gasteiger partial charge in [-0.25, -0.2) is 12.8 Å². The minimum absolute atomic E-state index is 0.0130. The highest BCUT2D eigenvalue weighted by molar-refractivity contribution is 7.92. The van der Waals surface area contributed by atoms with Crippen molar-refractivity contribution < 1.29 is 22.4 Å². The number of halogens is 3. The third kappa shape index (κ3) is 8.66. The summed E-state index contributed by atoms with van der Waals surface area (Å²) in [7, 11) is -4.37. The first-order valence-electron chi connectivity index (χ1n) is 14.9. The van der Waals surface area contributed by atoms with Crippen LogP contribution in [0.4, 0.5) is 10.1 Å². The van der Waals surface area contributed by atoms with Crippen molar-refractivity contribution >= 4 is 50.7 Å². The molecular formula is C35H36Cl2FN3O4S. The maximum absolute atomic E-state index is 15.0. The molecule has 242 valence electrons. The van der Waals surface area contributed by atoms with Gasteiger partial charge in [0.05, 0.1) is 20.6 Å². The van der Waals surface area contributed by atoms with Crippen LogP contribution in [0.2, 0.25) is 10.0 Å². The minimum atomic E-state index is -4.37. The van der Waals surface area contributed by atoms with Crippen molar-refractivity contribution in [3.63, 3.8) is 0 Å². The van der Waals surface area contributed by atoms with Crippen LogP contribution in [0.15, 0.2) is 102 Å². The standard InChI is InChI=1S/C35H36Cl2FN3O4S/c1-3-4-21-39-35(43)32(22-26-11-6-5-7-12-26)40(23-27-13-8-9-15-30(27)38)33(42)24-41(31-16-10-14-29(36)34(31)37)46(44,45)28-19-17-25(2)18-20-28/h5-20,32H,3-4,21-24H2,1-2H3,(H,39,43). The molecule has 0 aromatic heterocycles. The zero-order chi connectivity index (χ0) is 33.3. The summed E-state index contributed by atoms with van der Waals surface area (Å²) in [5, 5.41) is 2.94. The fourth-order valence-corrected chi connectivity index (χ4v) is 6.78. The number of hydrogen-bond acceptors (Lipinski definition) is 4. The van der Waals surface area contributed by atoms with Gasteiger partial charge in [0, 0.05) is 25.1 Å². The van der Waals surface area contributed by atoms with Crippen LogP contribution in [0.3, 0.4) is 0 Å². The SMILES string of the molecule is CCCCNC(=O)C(Cc1ccccc1)N(Cc1ccccc1F)C(=O)CN(c1cccc(Cl)c1Cl)S(=O)(=O)c1ccc(C)cc1. The molecule has 0 heterocycles. The molecule has 7 nitrogen and oxygen atoms in total. The lowest BCUT2D eigenvalue weighted by atomic mass is 10.0. The number of anilines is 1. The number of carbonyl (C=O) groups is 2. The van der Waals surface area contributed by atoms with Crippen LogP contribution in [0, 0.1) is 12.7 Å². The Labute approximate surface area is 280 Å². The monoisotopic (exact) mass is 683 g/mol. The predicted molar refractivity (Wildman–Crippen MR) is 181 cm³/mol. The number of aryl methyl sites for hydroxylation is 1. The second kappa shape index (κ2) is 16.1. The number of carbonyl (C=O) groups excluding carboxylic acids is 2. The maximum Gasteiger partial charge on any atom is 0.264 e. The Morgan fingerprint density at radius 3 is 2.24 bits per heavy atom. The number of nitrogens with one attached hydrogen (secondary N) is 1. The molecule has 0 aliphatic heterocycles. The molecule has 0 aliphatic rings. The Balaban J connectivity index is 1.83. The van der Waals surface area contributed by atoms with E-state index in [2.05, 4.69) is 5.32 Å². The first kappa shape index (κ1) is 34.9. The summed E-state index contributed by atoms with van der Waals surface area (Å²) < 4.78 is 44.3. The molecule has 2 amide bonds. The zero-order valence-electron chi connectivity index (χ0n) is 25.6. The van der Waals surface area contributed by atoms with Crippen molar-refractivity contribution in [3.05, 3.63) is 130 Å². The molecule has 0 saturated heterocycles. The normalized spacial score (nSPS) is 11.9. The van der Waals surface area contributed by atoms with Crippen molar-refractivity contribution in [2.75, 3.05) is 17.4 Å². The lowest BCUT2D eigenvalue weighted by molar-refractivity contribution is -0.140. The molecule has 11 heteroatoms. The number of rotatable bonds is 14. The highest BCUT2D eigenvalue weighted by Gasteiger charge is 2.35. The lowest BCUT2D eigenvalue weighted by Gasteiger charge is -2.34. The van der Waals surface area contributed by atoms with Gasteiger partial charge < -0.3 is 10.2 Å². The first-order chi connectivity index (χ1) is 22.0. The number of sulfonamides is 1. The smallest absolute Gasteiger partial charge is 0.264 e. The van der Waals surface area contributed by atoms with Gasteiger partial charge in [0.1, 0.15) is 18.4 Å². The summed E-state index contributed by atoms with van der Waals surface area (Å²) in [4.78, 5) is 29.4. The largest absolute Gasteiger partial charge is 0.354 e. The number of nitrogens with zero attached hydrogens (tertiary/aromatic N) is 2. The highest BCUT2D eigenvalue weighted by atomic mass is 35.5. The third-order valence-corrected chi connectivity index (χ3v) is 10.1. The second-order valence-electron chi connectivity index (χ2n) is 10.9. The van der Waals surface area contributed by atoms with Crippen LogP contribution in [0.5, 0.6) is 0 Å². The maximum atomic E-state index is 15.0. The van der Waals surface area contributed by atoms with E-state index in [4.69, 9.17) is 23.2 Å². The Morgan fingerprint density at radius 2 is 1.57 bits per heavy atom.